The molecule has 0 saturated heterocycles. The lowest BCUT2D eigenvalue weighted by Crippen LogP contribution is -2.04. The molecule has 128 valence electrons. The summed E-state index contributed by atoms with van der Waals surface area (Å²) < 4.78 is 0. The SMILES string of the molecule is C=C(C)C(C)(C)C.CC.CCCc1c(CC)ccc(C)c1N. The van der Waals surface area contributed by atoms with E-state index in [0.29, 0.717) is 5.41 Å². The minimum absolute atomic E-state index is 0.306. The molecule has 1 heteroatoms. The van der Waals surface area contributed by atoms with E-state index in [1.165, 1.54) is 28.7 Å². The van der Waals surface area contributed by atoms with Crippen LogP contribution >= 0.6 is 0 Å². The van der Waals surface area contributed by atoms with E-state index in [2.05, 4.69) is 67.2 Å². The molecule has 0 fully saturated rings. The number of anilines is 1. The molecular formula is C21H39N. The van der Waals surface area contributed by atoms with Crippen molar-refractivity contribution in [2.45, 2.75) is 81.6 Å². The number of hydrogen-bond acceptors (Lipinski definition) is 1. The zero-order chi connectivity index (χ0) is 17.9. The highest BCUT2D eigenvalue weighted by atomic mass is 14.6. The Hall–Kier alpha value is -1.24. The van der Waals surface area contributed by atoms with Crippen molar-refractivity contribution in [3.05, 3.63) is 41.0 Å². The average molecular weight is 306 g/mol. The van der Waals surface area contributed by atoms with Crippen molar-refractivity contribution in [3.8, 4) is 0 Å². The predicted octanol–water partition coefficient (Wildman–Crippen LogP) is 6.73. The summed E-state index contributed by atoms with van der Waals surface area (Å²) in [4.78, 5) is 0. The quantitative estimate of drug-likeness (QED) is 0.486. The summed E-state index contributed by atoms with van der Waals surface area (Å²) in [6.45, 7) is 22.8. The van der Waals surface area contributed by atoms with Crippen LogP contribution < -0.4 is 5.73 Å². The number of hydrogen-bond donors (Lipinski definition) is 1. The molecule has 0 unspecified atom stereocenters. The zero-order valence-corrected chi connectivity index (χ0v) is 16.6. The number of aryl methyl sites for hydroxylation is 2. The molecule has 0 heterocycles. The largest absolute Gasteiger partial charge is 0.398 e. The highest BCUT2D eigenvalue weighted by Gasteiger charge is 2.08. The van der Waals surface area contributed by atoms with Crippen LogP contribution in [0.4, 0.5) is 5.69 Å². The lowest BCUT2D eigenvalue weighted by atomic mass is 9.89. The van der Waals surface area contributed by atoms with Gasteiger partial charge in [0.05, 0.1) is 0 Å². The molecule has 0 aromatic heterocycles. The maximum absolute atomic E-state index is 6.05. The number of benzene rings is 1. The van der Waals surface area contributed by atoms with Crippen LogP contribution in [-0.4, -0.2) is 0 Å². The van der Waals surface area contributed by atoms with Crippen LogP contribution in [0.15, 0.2) is 24.3 Å². The van der Waals surface area contributed by atoms with Gasteiger partial charge in [0.1, 0.15) is 0 Å². The van der Waals surface area contributed by atoms with E-state index in [9.17, 15) is 0 Å². The molecule has 0 atom stereocenters. The molecule has 0 amide bonds. The molecule has 0 bridgehead atoms. The van der Waals surface area contributed by atoms with Gasteiger partial charge in [-0.1, -0.05) is 79.2 Å². The third-order valence-corrected chi connectivity index (χ3v) is 3.83. The van der Waals surface area contributed by atoms with Crippen molar-refractivity contribution in [2.75, 3.05) is 5.73 Å². The molecule has 1 nitrogen and oxygen atoms in total. The number of allylic oxidation sites excluding steroid dienone is 1. The molecule has 0 saturated carbocycles. The van der Waals surface area contributed by atoms with Crippen LogP contribution in [0.2, 0.25) is 0 Å². The lowest BCUT2D eigenvalue weighted by molar-refractivity contribution is 0.506. The van der Waals surface area contributed by atoms with E-state index in [-0.39, 0.29) is 0 Å². The Kier molecular flexibility index (Phi) is 11.9. The highest BCUT2D eigenvalue weighted by Crippen LogP contribution is 2.23. The molecule has 1 aromatic carbocycles. The minimum atomic E-state index is 0.306. The predicted molar refractivity (Wildman–Crippen MR) is 105 cm³/mol. The Bertz CT molecular complexity index is 436. The van der Waals surface area contributed by atoms with Gasteiger partial charge in [-0.25, -0.2) is 0 Å². The van der Waals surface area contributed by atoms with E-state index < -0.39 is 0 Å². The van der Waals surface area contributed by atoms with Crippen molar-refractivity contribution in [1.29, 1.82) is 0 Å². The van der Waals surface area contributed by atoms with Gasteiger partial charge >= 0.3 is 0 Å². The molecule has 1 rings (SSSR count). The van der Waals surface area contributed by atoms with Crippen molar-refractivity contribution in [3.63, 3.8) is 0 Å². The summed E-state index contributed by atoms with van der Waals surface area (Å²) in [5, 5.41) is 0. The van der Waals surface area contributed by atoms with E-state index in [1.807, 2.05) is 13.8 Å². The summed E-state index contributed by atoms with van der Waals surface area (Å²) in [5.74, 6) is 0. The van der Waals surface area contributed by atoms with Crippen LogP contribution in [-0.2, 0) is 12.8 Å². The fraction of sp³-hybridized carbons (Fsp3) is 0.619. The van der Waals surface area contributed by atoms with Crippen molar-refractivity contribution >= 4 is 5.69 Å². The first-order valence-electron chi connectivity index (χ1n) is 8.67. The summed E-state index contributed by atoms with van der Waals surface area (Å²) in [6.07, 6.45) is 3.36. The van der Waals surface area contributed by atoms with Crippen LogP contribution in [0, 0.1) is 12.3 Å². The fourth-order valence-electron chi connectivity index (χ4n) is 1.70. The van der Waals surface area contributed by atoms with E-state index in [0.717, 1.165) is 18.5 Å². The molecule has 0 radical (unpaired) electrons. The average Bonchev–Trinajstić information content (AvgIpc) is 2.46. The van der Waals surface area contributed by atoms with E-state index >= 15 is 0 Å². The second kappa shape index (κ2) is 11.3. The van der Waals surface area contributed by atoms with Gasteiger partial charge in [-0.15, -0.1) is 0 Å². The summed E-state index contributed by atoms with van der Waals surface area (Å²) in [6, 6.07) is 4.32. The first kappa shape index (κ1) is 23.0. The maximum atomic E-state index is 6.05. The Morgan fingerprint density at radius 1 is 1.14 bits per heavy atom. The van der Waals surface area contributed by atoms with Crippen LogP contribution in [0.3, 0.4) is 0 Å². The third-order valence-electron chi connectivity index (χ3n) is 3.83. The van der Waals surface area contributed by atoms with Crippen LogP contribution in [0.25, 0.3) is 0 Å². The number of rotatable bonds is 3. The van der Waals surface area contributed by atoms with E-state index in [1.54, 1.807) is 0 Å². The Morgan fingerprint density at radius 3 is 1.91 bits per heavy atom. The molecule has 0 aliphatic heterocycles. The number of nitrogens with two attached hydrogens (primary N) is 1. The molecule has 0 spiro atoms. The first-order valence-corrected chi connectivity index (χ1v) is 8.67. The molecule has 1 aromatic rings. The highest BCUT2D eigenvalue weighted by molar-refractivity contribution is 5.56. The second-order valence-electron chi connectivity index (χ2n) is 6.57. The van der Waals surface area contributed by atoms with Gasteiger partial charge in [0, 0.05) is 5.69 Å². The smallest absolute Gasteiger partial charge is 0.0379 e. The van der Waals surface area contributed by atoms with Crippen molar-refractivity contribution in [2.24, 2.45) is 5.41 Å². The van der Waals surface area contributed by atoms with Gasteiger partial charge in [-0.3, -0.25) is 0 Å². The van der Waals surface area contributed by atoms with Crippen LogP contribution in [0.5, 0.6) is 0 Å². The Morgan fingerprint density at radius 2 is 1.59 bits per heavy atom. The second-order valence-corrected chi connectivity index (χ2v) is 6.57. The minimum Gasteiger partial charge on any atom is -0.398 e. The molecule has 2 N–H and O–H groups in total. The third kappa shape index (κ3) is 8.26. The molecule has 0 aliphatic carbocycles. The van der Waals surface area contributed by atoms with Gasteiger partial charge in [0.15, 0.2) is 0 Å². The van der Waals surface area contributed by atoms with E-state index in [4.69, 9.17) is 5.73 Å². The van der Waals surface area contributed by atoms with Gasteiger partial charge in [-0.05, 0) is 48.8 Å². The summed E-state index contributed by atoms with van der Waals surface area (Å²) >= 11 is 0. The number of nitrogen functional groups attached to an aromatic ring is 1. The first-order chi connectivity index (χ1) is 10.1. The van der Waals surface area contributed by atoms with Gasteiger partial charge in [-0.2, -0.15) is 0 Å². The van der Waals surface area contributed by atoms with Crippen molar-refractivity contribution in [1.82, 2.24) is 0 Å². The van der Waals surface area contributed by atoms with Crippen LogP contribution in [0.1, 0.15) is 78.5 Å². The summed E-state index contributed by atoms with van der Waals surface area (Å²) in [7, 11) is 0. The van der Waals surface area contributed by atoms with Crippen molar-refractivity contribution < 1.29 is 0 Å². The standard InChI is InChI=1S/C12H19N.C7H14.C2H6/c1-4-6-11-10(5-2)8-7-9(3)12(11)13;1-6(2)7(3,4)5;1-2/h7-8H,4-6,13H2,1-3H3;1H2,2-5H3;1-2H3. The zero-order valence-electron chi connectivity index (χ0n) is 16.6. The normalized spacial score (nSPS) is 10.0. The fourth-order valence-corrected chi connectivity index (χ4v) is 1.70. The summed E-state index contributed by atoms with van der Waals surface area (Å²) in [5.41, 5.74) is 12.6. The van der Waals surface area contributed by atoms with Gasteiger partial charge in [0.2, 0.25) is 0 Å². The van der Waals surface area contributed by atoms with Gasteiger partial charge in [0.25, 0.3) is 0 Å². The Balaban J connectivity index is 0. The topological polar surface area (TPSA) is 26.0 Å². The molecule has 22 heavy (non-hydrogen) atoms. The van der Waals surface area contributed by atoms with Gasteiger partial charge < -0.3 is 5.73 Å². The maximum Gasteiger partial charge on any atom is 0.0379 e. The molecular weight excluding hydrogens is 266 g/mol. The Labute approximate surface area is 140 Å². The monoisotopic (exact) mass is 305 g/mol. The molecule has 0 aliphatic rings. The lowest BCUT2D eigenvalue weighted by Gasteiger charge is -2.16.